The number of allylic oxidation sites excluding steroid dienone is 1. The Bertz CT molecular complexity index is 2040. The van der Waals surface area contributed by atoms with Gasteiger partial charge in [-0.15, -0.1) is 0 Å². The van der Waals surface area contributed by atoms with Crippen LogP contribution in [0.2, 0.25) is 0 Å². The molecule has 5 rings (SSSR count). The Labute approximate surface area is 267 Å². The maximum absolute atomic E-state index is 13.7. The molecule has 0 aliphatic heterocycles. The van der Waals surface area contributed by atoms with Crippen molar-refractivity contribution in [2.75, 3.05) is 24.7 Å². The number of carbonyl (C=O) groups is 1. The summed E-state index contributed by atoms with van der Waals surface area (Å²) < 4.78 is 46.5. The van der Waals surface area contributed by atoms with Gasteiger partial charge in [-0.1, -0.05) is 54.6 Å². The Hall–Kier alpha value is -5.26. The van der Waals surface area contributed by atoms with E-state index < -0.39 is 21.7 Å². The third-order valence-electron chi connectivity index (χ3n) is 7.54. The van der Waals surface area contributed by atoms with Gasteiger partial charge < -0.3 is 15.2 Å². The summed E-state index contributed by atoms with van der Waals surface area (Å²) in [5.41, 5.74) is 7.05. The zero-order valence-corrected chi connectivity index (χ0v) is 26.4. The highest BCUT2D eigenvalue weighted by Gasteiger charge is 2.26. The number of anilines is 1. The first-order valence-electron chi connectivity index (χ1n) is 14.5. The van der Waals surface area contributed by atoms with Gasteiger partial charge in [-0.05, 0) is 60.4 Å². The summed E-state index contributed by atoms with van der Waals surface area (Å²) in [6.45, 7) is 0. The summed E-state index contributed by atoms with van der Waals surface area (Å²) in [7, 11) is -0.751. The number of carbonyl (C=O) groups excluding carboxylic acids is 1. The van der Waals surface area contributed by atoms with Crippen molar-refractivity contribution in [2.24, 2.45) is 10.8 Å². The van der Waals surface area contributed by atoms with E-state index in [1.54, 1.807) is 18.3 Å². The number of nitrogens with zero attached hydrogens (tertiary/aromatic N) is 2. The van der Waals surface area contributed by atoms with Gasteiger partial charge in [0.25, 0.3) is 5.91 Å². The van der Waals surface area contributed by atoms with Crippen molar-refractivity contribution in [3.8, 4) is 22.5 Å². The number of rotatable bonds is 10. The van der Waals surface area contributed by atoms with Gasteiger partial charge in [-0.2, -0.15) is 0 Å². The molecule has 1 aromatic heterocycles. The lowest BCUT2D eigenvalue weighted by molar-refractivity contribution is 0.0964. The number of amides is 1. The molecule has 0 spiro atoms. The van der Waals surface area contributed by atoms with Crippen molar-refractivity contribution >= 4 is 38.4 Å². The molecule has 5 aromatic rings. The maximum Gasteiger partial charge on any atom is 0.255 e. The number of halogens is 1. The van der Waals surface area contributed by atoms with E-state index in [0.29, 0.717) is 39.2 Å². The number of nitrogens with two attached hydrogens (primary N) is 1. The predicted molar refractivity (Wildman–Crippen MR) is 181 cm³/mol. The van der Waals surface area contributed by atoms with Crippen LogP contribution >= 0.6 is 0 Å². The van der Waals surface area contributed by atoms with Gasteiger partial charge in [-0.25, -0.2) is 23.6 Å². The number of furan rings is 1. The molecule has 0 unspecified atom stereocenters. The van der Waals surface area contributed by atoms with Gasteiger partial charge in [0, 0.05) is 48.4 Å². The highest BCUT2D eigenvalue weighted by atomic mass is 32.2. The maximum atomic E-state index is 13.7. The molecule has 1 heterocycles. The number of hydrazine groups is 1. The highest BCUT2D eigenvalue weighted by molar-refractivity contribution is 7.92. The van der Waals surface area contributed by atoms with Crippen LogP contribution in [0.5, 0.6) is 0 Å². The lowest BCUT2D eigenvalue weighted by atomic mass is 9.97. The average Bonchev–Trinajstić information content (AvgIpc) is 3.44. The molecule has 0 saturated carbocycles. The number of amidine groups is 1. The summed E-state index contributed by atoms with van der Waals surface area (Å²) in [4.78, 5) is 17.7. The zero-order valence-electron chi connectivity index (χ0n) is 25.6. The Balaban J connectivity index is 1.60. The number of hydrogen-bond acceptors (Lipinski definition) is 6. The van der Waals surface area contributed by atoms with E-state index >= 15 is 0 Å². The number of hydrogen-bond donors (Lipinski definition) is 3. The zero-order chi connectivity index (χ0) is 32.8. The fraction of sp³-hybridized carbons (Fsp3) is 0.143. The minimum atomic E-state index is -3.70. The molecule has 0 atom stereocenters. The van der Waals surface area contributed by atoms with Crippen LogP contribution in [0.25, 0.3) is 33.4 Å². The summed E-state index contributed by atoms with van der Waals surface area (Å²) in [6, 6.07) is 26.4. The lowest BCUT2D eigenvalue weighted by Crippen LogP contribution is -2.30. The summed E-state index contributed by atoms with van der Waals surface area (Å²) in [5, 5.41) is 3.10. The molecule has 0 fully saturated rings. The molecule has 4 aromatic carbocycles. The molecule has 1 amide bonds. The second kappa shape index (κ2) is 13.8. The van der Waals surface area contributed by atoms with Crippen LogP contribution in [0.4, 0.5) is 10.1 Å². The van der Waals surface area contributed by atoms with Crippen LogP contribution in [-0.2, 0) is 16.4 Å². The third-order valence-corrected chi connectivity index (χ3v) is 8.73. The Morgan fingerprint density at radius 2 is 1.74 bits per heavy atom. The molecular weight excluding hydrogens is 605 g/mol. The minimum Gasteiger partial charge on any atom is -0.455 e. The molecule has 0 aliphatic carbocycles. The molecule has 0 radical (unpaired) electrons. The molecule has 236 valence electrons. The first kappa shape index (κ1) is 32.1. The van der Waals surface area contributed by atoms with Crippen molar-refractivity contribution in [1.82, 2.24) is 10.7 Å². The van der Waals surface area contributed by atoms with Crippen LogP contribution in [0.1, 0.15) is 27.9 Å². The van der Waals surface area contributed by atoms with Crippen molar-refractivity contribution in [3.63, 3.8) is 0 Å². The molecule has 0 aliphatic rings. The monoisotopic (exact) mass is 639 g/mol. The van der Waals surface area contributed by atoms with E-state index in [4.69, 9.17) is 10.3 Å². The molecule has 46 heavy (non-hydrogen) atoms. The van der Waals surface area contributed by atoms with Gasteiger partial charge in [0.2, 0.25) is 10.0 Å². The van der Waals surface area contributed by atoms with Crippen molar-refractivity contribution in [3.05, 3.63) is 126 Å². The molecule has 0 bridgehead atoms. The van der Waals surface area contributed by atoms with E-state index in [2.05, 4.69) is 27.9 Å². The molecule has 11 heteroatoms. The van der Waals surface area contributed by atoms with E-state index in [-0.39, 0.29) is 16.9 Å². The number of aryl methyl sites for hydroxylation is 1. The number of fused-ring (bicyclic) bond motifs is 1. The number of sulfonamides is 1. The van der Waals surface area contributed by atoms with Gasteiger partial charge >= 0.3 is 0 Å². The average molecular weight is 640 g/mol. The fourth-order valence-electron chi connectivity index (χ4n) is 5.08. The van der Waals surface area contributed by atoms with Crippen molar-refractivity contribution in [1.29, 1.82) is 0 Å². The van der Waals surface area contributed by atoms with Crippen LogP contribution in [-0.4, -0.2) is 40.5 Å². The molecular formula is C35H34FN5O4S. The van der Waals surface area contributed by atoms with Gasteiger partial charge in [0.15, 0.2) is 0 Å². The molecule has 4 N–H and O–H groups in total. The predicted octanol–water partition coefficient (Wildman–Crippen LogP) is 6.02. The first-order chi connectivity index (χ1) is 22.1. The Kier molecular flexibility index (Phi) is 9.64. The Morgan fingerprint density at radius 3 is 2.41 bits per heavy atom. The van der Waals surface area contributed by atoms with Crippen LogP contribution < -0.4 is 20.9 Å². The normalized spacial score (nSPS) is 12.1. The number of aliphatic imine (C=N–C) groups is 1. The van der Waals surface area contributed by atoms with Gasteiger partial charge in [0.1, 0.15) is 23.0 Å². The molecule has 0 saturated heterocycles. The topological polar surface area (TPSA) is 130 Å². The largest absolute Gasteiger partial charge is 0.455 e. The van der Waals surface area contributed by atoms with E-state index in [0.717, 1.165) is 23.4 Å². The van der Waals surface area contributed by atoms with E-state index in [1.807, 2.05) is 48.5 Å². The smallest absolute Gasteiger partial charge is 0.255 e. The van der Waals surface area contributed by atoms with Crippen LogP contribution in [0.15, 0.2) is 113 Å². The summed E-state index contributed by atoms with van der Waals surface area (Å²) >= 11 is 0. The quantitative estimate of drug-likeness (QED) is 0.0742. The fourth-order valence-corrected chi connectivity index (χ4v) is 5.59. The Morgan fingerprint density at radius 1 is 1.00 bits per heavy atom. The van der Waals surface area contributed by atoms with Crippen molar-refractivity contribution in [2.45, 2.75) is 12.8 Å². The second-order valence-corrected chi connectivity index (χ2v) is 12.6. The van der Waals surface area contributed by atoms with E-state index in [1.165, 1.54) is 43.9 Å². The number of benzene rings is 4. The van der Waals surface area contributed by atoms with Crippen LogP contribution in [0, 0.1) is 5.82 Å². The van der Waals surface area contributed by atoms with Crippen molar-refractivity contribution < 1.29 is 22.0 Å². The van der Waals surface area contributed by atoms with Crippen LogP contribution in [0.3, 0.4) is 0 Å². The third kappa shape index (κ3) is 7.01. The van der Waals surface area contributed by atoms with E-state index in [9.17, 15) is 17.6 Å². The summed E-state index contributed by atoms with van der Waals surface area (Å²) in [5.74, 6) is 5.65. The minimum absolute atomic E-state index is 0.231. The number of nitrogens with one attached hydrogen (secondary N) is 2. The van der Waals surface area contributed by atoms with Gasteiger partial charge in [0.05, 0.1) is 17.5 Å². The highest BCUT2D eigenvalue weighted by Crippen LogP contribution is 2.41. The lowest BCUT2D eigenvalue weighted by Gasteiger charge is -2.21. The standard InChI is InChI=1S/C35H34FN5O4S/c1-38-35(42)32-29-21-28(30(41(2)46(3,43)44)22-31(29)45-33(32)24-15-17-27(36)18-16-24)25-13-9-14-26(20-25)34(40-37)39-19-8-7-12-23-10-5-4-6-11-23/h4-6,8-11,13-22H,7,12,37H2,1-3H3,(H,38,42)(H,39,40)/b19-8+. The first-order valence-corrected chi connectivity index (χ1v) is 16.3. The molecule has 9 nitrogen and oxygen atoms in total. The van der Waals surface area contributed by atoms with Gasteiger partial charge in [-0.3, -0.25) is 9.10 Å². The second-order valence-electron chi connectivity index (χ2n) is 10.6. The SMILES string of the molecule is CNC(=O)c1c(-c2ccc(F)cc2)oc2cc(N(C)S(C)(=O)=O)c(-c3cccc(C(=N/C=C/CCc4ccccc4)NN)c3)cc12. The summed E-state index contributed by atoms with van der Waals surface area (Å²) in [6.07, 6.45) is 6.43.